The molecule has 4 heteroatoms. The van der Waals surface area contributed by atoms with E-state index < -0.39 is 23.1 Å². The highest BCUT2D eigenvalue weighted by molar-refractivity contribution is 5.98. The van der Waals surface area contributed by atoms with Gasteiger partial charge in [0.1, 0.15) is 0 Å². The lowest BCUT2D eigenvalue weighted by molar-refractivity contribution is -0.301. The Morgan fingerprint density at radius 2 is 1.15 bits per heavy atom. The molecule has 0 radical (unpaired) electrons. The van der Waals surface area contributed by atoms with E-state index >= 15 is 0 Å². The van der Waals surface area contributed by atoms with Crippen LogP contribution in [0.1, 0.15) is 41.5 Å². The average molecular weight is 449 g/mol. The van der Waals surface area contributed by atoms with Crippen molar-refractivity contribution < 1.29 is 19.1 Å². The molecule has 0 bridgehead atoms. The molecule has 2 fully saturated rings. The van der Waals surface area contributed by atoms with Crippen LogP contribution in [0.25, 0.3) is 12.2 Å². The molecule has 0 N–H and O–H groups in total. The molecule has 0 spiro atoms. The Balaban J connectivity index is 1.49. The molecule has 0 amide bonds. The van der Waals surface area contributed by atoms with E-state index in [0.29, 0.717) is 24.0 Å². The number of esters is 2. The standard InChI is InChI=1S/C30H24O4/c31-27-24(17-21-9-3-1-4-10-21)19-29-16-15-23-13-7-8-14-26(23)30(29,33-27)34-28(32)25(20-29)18-22-11-5-2-6-12-22/h1-14,17-18H,15-16,19-20H2/b24-17+,25-18+. The van der Waals surface area contributed by atoms with E-state index in [4.69, 9.17) is 9.47 Å². The first-order valence-electron chi connectivity index (χ1n) is 11.6. The Labute approximate surface area is 198 Å². The molecule has 2 heterocycles. The van der Waals surface area contributed by atoms with Crippen molar-refractivity contribution in [1.29, 1.82) is 0 Å². The molecule has 168 valence electrons. The number of benzene rings is 3. The highest BCUT2D eigenvalue weighted by Crippen LogP contribution is 2.63. The minimum absolute atomic E-state index is 0.431. The lowest BCUT2D eigenvalue weighted by Gasteiger charge is -2.56. The van der Waals surface area contributed by atoms with E-state index in [1.807, 2.05) is 97.1 Å². The summed E-state index contributed by atoms with van der Waals surface area (Å²) in [7, 11) is 0. The minimum atomic E-state index is -1.40. The Bertz CT molecular complexity index is 1260. The molecule has 1 aliphatic carbocycles. The first-order chi connectivity index (χ1) is 16.6. The van der Waals surface area contributed by atoms with Crippen molar-refractivity contribution in [2.75, 3.05) is 0 Å². The fraction of sp³-hybridized carbons (Fsp3) is 0.200. The van der Waals surface area contributed by atoms with Gasteiger partial charge in [0.25, 0.3) is 5.79 Å². The van der Waals surface area contributed by atoms with Gasteiger partial charge in [-0.15, -0.1) is 0 Å². The van der Waals surface area contributed by atoms with Crippen LogP contribution in [0.15, 0.2) is 96.1 Å². The Morgan fingerprint density at radius 3 is 1.71 bits per heavy atom. The molecule has 2 aliphatic heterocycles. The van der Waals surface area contributed by atoms with E-state index in [9.17, 15) is 9.59 Å². The molecule has 3 aromatic rings. The van der Waals surface area contributed by atoms with Gasteiger partial charge in [0.05, 0.1) is 5.41 Å². The smallest absolute Gasteiger partial charge is 0.337 e. The maximum absolute atomic E-state index is 13.3. The zero-order chi connectivity index (χ0) is 23.2. The summed E-state index contributed by atoms with van der Waals surface area (Å²) in [6.45, 7) is 0. The predicted octanol–water partition coefficient (Wildman–Crippen LogP) is 5.83. The zero-order valence-corrected chi connectivity index (χ0v) is 18.7. The molecule has 0 unspecified atom stereocenters. The van der Waals surface area contributed by atoms with Gasteiger partial charge in [-0.25, -0.2) is 9.59 Å². The number of ether oxygens (including phenoxy) is 2. The van der Waals surface area contributed by atoms with E-state index in [2.05, 4.69) is 0 Å². The lowest BCUT2D eigenvalue weighted by atomic mass is 9.58. The maximum Gasteiger partial charge on any atom is 0.337 e. The molecule has 0 saturated carbocycles. The third-order valence-electron chi connectivity index (χ3n) is 7.28. The van der Waals surface area contributed by atoms with Crippen LogP contribution in [0.2, 0.25) is 0 Å². The van der Waals surface area contributed by atoms with Crippen LogP contribution in [-0.2, 0) is 31.3 Å². The van der Waals surface area contributed by atoms with Crippen LogP contribution in [0.3, 0.4) is 0 Å². The first-order valence-corrected chi connectivity index (χ1v) is 11.6. The monoisotopic (exact) mass is 448 g/mol. The molecule has 3 aromatic carbocycles. The molecule has 3 aliphatic rings. The van der Waals surface area contributed by atoms with Gasteiger partial charge >= 0.3 is 11.9 Å². The molecule has 2 saturated heterocycles. The van der Waals surface area contributed by atoms with E-state index in [1.165, 1.54) is 0 Å². The van der Waals surface area contributed by atoms with Crippen molar-refractivity contribution in [3.05, 3.63) is 118 Å². The number of hydrogen-bond donors (Lipinski definition) is 0. The second-order valence-electron chi connectivity index (χ2n) is 9.35. The summed E-state index contributed by atoms with van der Waals surface area (Å²) in [6, 6.07) is 27.4. The van der Waals surface area contributed by atoms with Gasteiger partial charge in [-0.3, -0.25) is 0 Å². The van der Waals surface area contributed by atoms with Crippen molar-refractivity contribution >= 4 is 24.1 Å². The molecular formula is C30H24O4. The van der Waals surface area contributed by atoms with Crippen LogP contribution in [0.5, 0.6) is 0 Å². The quantitative estimate of drug-likeness (QED) is 0.365. The summed E-state index contributed by atoms with van der Waals surface area (Å²) < 4.78 is 12.4. The van der Waals surface area contributed by atoms with Crippen LogP contribution in [0.4, 0.5) is 0 Å². The summed E-state index contributed by atoms with van der Waals surface area (Å²) >= 11 is 0. The fourth-order valence-electron chi connectivity index (χ4n) is 5.69. The molecule has 0 atom stereocenters. The Morgan fingerprint density at radius 1 is 0.647 bits per heavy atom. The summed E-state index contributed by atoms with van der Waals surface area (Å²) in [5.41, 5.74) is 4.40. The van der Waals surface area contributed by atoms with Crippen LogP contribution >= 0.6 is 0 Å². The van der Waals surface area contributed by atoms with Crippen molar-refractivity contribution in [3.8, 4) is 0 Å². The van der Waals surface area contributed by atoms with Crippen molar-refractivity contribution in [1.82, 2.24) is 0 Å². The molecule has 4 nitrogen and oxygen atoms in total. The summed E-state index contributed by atoms with van der Waals surface area (Å²) in [5.74, 6) is -2.27. The van der Waals surface area contributed by atoms with Gasteiger partial charge in [0.15, 0.2) is 0 Å². The van der Waals surface area contributed by atoms with E-state index in [1.54, 1.807) is 0 Å². The molecule has 0 aromatic heterocycles. The Hall–Kier alpha value is -3.92. The number of carbonyl (C=O) groups is 2. The van der Waals surface area contributed by atoms with Gasteiger partial charge in [0, 0.05) is 16.7 Å². The van der Waals surface area contributed by atoms with Crippen LogP contribution in [-0.4, -0.2) is 11.9 Å². The van der Waals surface area contributed by atoms with Gasteiger partial charge in [-0.1, -0.05) is 84.9 Å². The lowest BCUT2D eigenvalue weighted by Crippen LogP contribution is -2.60. The summed E-state index contributed by atoms with van der Waals surface area (Å²) in [5, 5.41) is 0. The molecule has 34 heavy (non-hydrogen) atoms. The van der Waals surface area contributed by atoms with Crippen LogP contribution < -0.4 is 0 Å². The second kappa shape index (κ2) is 7.84. The van der Waals surface area contributed by atoms with Gasteiger partial charge < -0.3 is 9.47 Å². The number of rotatable bonds is 2. The van der Waals surface area contributed by atoms with Crippen LogP contribution in [0, 0.1) is 5.41 Å². The van der Waals surface area contributed by atoms with Crippen molar-refractivity contribution in [2.24, 2.45) is 5.41 Å². The van der Waals surface area contributed by atoms with E-state index in [0.717, 1.165) is 35.1 Å². The van der Waals surface area contributed by atoms with Gasteiger partial charge in [0.2, 0.25) is 0 Å². The normalized spacial score (nSPS) is 27.9. The topological polar surface area (TPSA) is 52.6 Å². The molecule has 6 rings (SSSR count). The highest BCUT2D eigenvalue weighted by atomic mass is 16.7. The average Bonchev–Trinajstić information content (AvgIpc) is 2.86. The Kier molecular flexibility index (Phi) is 4.77. The summed E-state index contributed by atoms with van der Waals surface area (Å²) in [4.78, 5) is 26.6. The maximum atomic E-state index is 13.3. The highest BCUT2D eigenvalue weighted by Gasteiger charge is 2.67. The number of fused-ring (bicyclic) bond motifs is 1. The first kappa shape index (κ1) is 20.7. The van der Waals surface area contributed by atoms with E-state index in [-0.39, 0.29) is 0 Å². The molecular weight excluding hydrogens is 424 g/mol. The SMILES string of the molecule is O=C1OC23OC(=O)/C(=C/c4ccccc4)CC2(CCc2ccccc23)C/C1=C\c1ccccc1. The predicted molar refractivity (Wildman–Crippen MR) is 129 cm³/mol. The largest absolute Gasteiger partial charge is 0.414 e. The third-order valence-corrected chi connectivity index (χ3v) is 7.28. The second-order valence-corrected chi connectivity index (χ2v) is 9.35. The fourth-order valence-corrected chi connectivity index (χ4v) is 5.69. The van der Waals surface area contributed by atoms with Crippen molar-refractivity contribution in [3.63, 3.8) is 0 Å². The third kappa shape index (κ3) is 3.21. The number of carbonyl (C=O) groups excluding carboxylic acids is 2. The minimum Gasteiger partial charge on any atom is -0.414 e. The number of hydrogen-bond acceptors (Lipinski definition) is 4. The summed E-state index contributed by atoms with van der Waals surface area (Å²) in [6.07, 6.45) is 6.35. The van der Waals surface area contributed by atoms with Crippen molar-refractivity contribution in [2.45, 2.75) is 31.5 Å². The zero-order valence-electron chi connectivity index (χ0n) is 18.7. The number of aryl methyl sites for hydroxylation is 1. The van der Waals surface area contributed by atoms with Gasteiger partial charge in [-0.05, 0) is 54.5 Å². The van der Waals surface area contributed by atoms with Gasteiger partial charge in [-0.2, -0.15) is 0 Å².